The number of carbonyl (C=O) groups excluding carboxylic acids is 4. The van der Waals surface area contributed by atoms with Gasteiger partial charge in [-0.15, -0.1) is 0 Å². The van der Waals surface area contributed by atoms with Gasteiger partial charge in [-0.2, -0.15) is 0 Å². The van der Waals surface area contributed by atoms with Crippen molar-refractivity contribution in [1.29, 1.82) is 0 Å². The van der Waals surface area contributed by atoms with Crippen molar-refractivity contribution in [3.63, 3.8) is 0 Å². The van der Waals surface area contributed by atoms with E-state index in [1.807, 2.05) is 74.5 Å². The summed E-state index contributed by atoms with van der Waals surface area (Å²) in [7, 11) is 0. The van der Waals surface area contributed by atoms with Crippen molar-refractivity contribution in [3.05, 3.63) is 117 Å². The molecule has 2 aromatic carbocycles. The van der Waals surface area contributed by atoms with E-state index in [9.17, 15) is 19.2 Å². The van der Waals surface area contributed by atoms with Gasteiger partial charge in [0.25, 0.3) is 0 Å². The third-order valence-electron chi connectivity index (χ3n) is 8.04. The number of esters is 4. The highest BCUT2D eigenvalue weighted by Crippen LogP contribution is 2.27. The Labute approximate surface area is 281 Å². The van der Waals surface area contributed by atoms with E-state index in [4.69, 9.17) is 18.9 Å². The van der Waals surface area contributed by atoms with Gasteiger partial charge in [-0.3, -0.25) is 0 Å². The number of benzene rings is 2. The van der Waals surface area contributed by atoms with Crippen LogP contribution in [-0.4, -0.2) is 47.1 Å². The fraction of sp³-hybridized carbons (Fsp3) is 0.368. The van der Waals surface area contributed by atoms with Crippen LogP contribution in [0.3, 0.4) is 0 Å². The number of carbonyl (C=O) groups is 4. The fourth-order valence-electron chi connectivity index (χ4n) is 5.79. The van der Waals surface area contributed by atoms with Crippen molar-refractivity contribution in [2.24, 2.45) is 0 Å². The average Bonchev–Trinajstić information content (AvgIpc) is 3.67. The lowest BCUT2D eigenvalue weighted by Gasteiger charge is -2.10. The summed E-state index contributed by atoms with van der Waals surface area (Å²) >= 11 is 0. The zero-order valence-electron chi connectivity index (χ0n) is 28.1. The molecule has 2 N–H and O–H groups in total. The Morgan fingerprint density at radius 2 is 0.812 bits per heavy atom. The van der Waals surface area contributed by atoms with E-state index in [1.54, 1.807) is 13.8 Å². The first-order valence-electron chi connectivity index (χ1n) is 16.6. The normalized spacial score (nSPS) is 10.8. The number of nitrogens with one attached hydrogen (secondary N) is 2. The SMILES string of the molecule is CCOC(=O)c1[nH]c(C(=O)OCc2ccccc2)c(CCCCc2c(C(=O)OCc3ccccc3)[nH]c(C(=O)OCC)c2CC)c1CC. The fourth-order valence-corrected chi connectivity index (χ4v) is 5.79. The zero-order valence-corrected chi connectivity index (χ0v) is 28.1. The lowest BCUT2D eigenvalue weighted by atomic mass is 9.96. The van der Waals surface area contributed by atoms with Crippen LogP contribution < -0.4 is 0 Å². The molecule has 0 spiro atoms. The second-order valence-corrected chi connectivity index (χ2v) is 11.1. The molecule has 0 amide bonds. The molecule has 4 aromatic rings. The third kappa shape index (κ3) is 8.82. The van der Waals surface area contributed by atoms with E-state index >= 15 is 0 Å². The predicted molar refractivity (Wildman–Crippen MR) is 180 cm³/mol. The molecule has 10 nitrogen and oxygen atoms in total. The van der Waals surface area contributed by atoms with E-state index in [2.05, 4.69) is 9.97 Å². The minimum Gasteiger partial charge on any atom is -0.461 e. The van der Waals surface area contributed by atoms with Crippen LogP contribution in [-0.2, 0) is 57.8 Å². The first-order valence-corrected chi connectivity index (χ1v) is 16.6. The summed E-state index contributed by atoms with van der Waals surface area (Å²) in [6, 6.07) is 18.7. The summed E-state index contributed by atoms with van der Waals surface area (Å²) in [6.07, 6.45) is 3.19. The predicted octanol–water partition coefficient (Wildman–Crippen LogP) is 7.10. The minimum atomic E-state index is -0.555. The van der Waals surface area contributed by atoms with Crippen LogP contribution in [0, 0.1) is 0 Å². The number of unbranched alkanes of at least 4 members (excludes halogenated alkanes) is 1. The molecule has 0 radical (unpaired) electrons. The van der Waals surface area contributed by atoms with Gasteiger partial charge in [0.2, 0.25) is 0 Å². The second-order valence-electron chi connectivity index (χ2n) is 11.1. The monoisotopic (exact) mass is 656 g/mol. The number of ether oxygens (including phenoxy) is 4. The molecule has 0 saturated heterocycles. The Hall–Kier alpha value is -5.12. The maximum atomic E-state index is 13.3. The van der Waals surface area contributed by atoms with Gasteiger partial charge in [0.15, 0.2) is 0 Å². The summed E-state index contributed by atoms with van der Waals surface area (Å²) in [4.78, 5) is 58.4. The second kappa shape index (κ2) is 17.7. The van der Waals surface area contributed by atoms with Crippen LogP contribution >= 0.6 is 0 Å². The van der Waals surface area contributed by atoms with Gasteiger partial charge in [-0.05, 0) is 85.8 Å². The quantitative estimate of drug-likeness (QED) is 0.0698. The van der Waals surface area contributed by atoms with Crippen molar-refractivity contribution in [3.8, 4) is 0 Å². The number of H-pyrrole nitrogens is 2. The molecule has 0 atom stereocenters. The lowest BCUT2D eigenvalue weighted by Crippen LogP contribution is -2.10. The molecule has 0 aliphatic carbocycles. The van der Waals surface area contributed by atoms with Crippen molar-refractivity contribution in [1.82, 2.24) is 9.97 Å². The molecule has 2 aromatic heterocycles. The number of hydrogen-bond donors (Lipinski definition) is 2. The standard InChI is InChI=1S/C38H44N2O8/c1-5-27-29(33(39-31(27)35(41)45-7-3)37(43)47-23-25-17-11-9-12-18-25)21-15-16-22-30-28(6-2)32(36(42)46-8-4)40-34(30)38(44)48-24-26-19-13-10-14-20-26/h9-14,17-20,39-40H,5-8,15-16,21-24H2,1-4H3. The van der Waals surface area contributed by atoms with Crippen LogP contribution in [0.5, 0.6) is 0 Å². The number of aromatic nitrogens is 2. The number of rotatable bonds is 17. The van der Waals surface area contributed by atoms with Gasteiger partial charge < -0.3 is 28.9 Å². The zero-order chi connectivity index (χ0) is 34.5. The topological polar surface area (TPSA) is 137 Å². The van der Waals surface area contributed by atoms with Gasteiger partial charge in [-0.25, -0.2) is 19.2 Å². The van der Waals surface area contributed by atoms with Crippen LogP contribution in [0.15, 0.2) is 60.7 Å². The summed E-state index contributed by atoms with van der Waals surface area (Å²) in [5, 5.41) is 0. The maximum Gasteiger partial charge on any atom is 0.355 e. The lowest BCUT2D eigenvalue weighted by molar-refractivity contribution is 0.0453. The molecular weight excluding hydrogens is 612 g/mol. The van der Waals surface area contributed by atoms with Gasteiger partial charge in [0.05, 0.1) is 13.2 Å². The molecule has 0 bridgehead atoms. The smallest absolute Gasteiger partial charge is 0.355 e. The van der Waals surface area contributed by atoms with Crippen molar-refractivity contribution in [2.75, 3.05) is 13.2 Å². The van der Waals surface area contributed by atoms with Crippen LogP contribution in [0.2, 0.25) is 0 Å². The van der Waals surface area contributed by atoms with Crippen LogP contribution in [0.4, 0.5) is 0 Å². The third-order valence-corrected chi connectivity index (χ3v) is 8.04. The highest BCUT2D eigenvalue weighted by molar-refractivity contribution is 5.97. The maximum absolute atomic E-state index is 13.3. The van der Waals surface area contributed by atoms with Gasteiger partial charge in [-0.1, -0.05) is 74.5 Å². The molecule has 4 rings (SSSR count). The molecule has 0 aliphatic rings. The highest BCUT2D eigenvalue weighted by Gasteiger charge is 2.28. The Morgan fingerprint density at radius 1 is 0.479 bits per heavy atom. The molecule has 0 saturated carbocycles. The van der Waals surface area contributed by atoms with Crippen molar-refractivity contribution in [2.45, 2.75) is 79.4 Å². The van der Waals surface area contributed by atoms with E-state index in [1.165, 1.54) is 0 Å². The van der Waals surface area contributed by atoms with Gasteiger partial charge in [0, 0.05) is 0 Å². The molecule has 0 unspecified atom stereocenters. The average molecular weight is 657 g/mol. The molecule has 2 heterocycles. The van der Waals surface area contributed by atoms with Gasteiger partial charge >= 0.3 is 23.9 Å². The Kier molecular flexibility index (Phi) is 13.2. The Bertz CT molecular complexity index is 1560. The molecule has 48 heavy (non-hydrogen) atoms. The number of aromatic amines is 2. The largest absolute Gasteiger partial charge is 0.461 e. The Morgan fingerprint density at radius 3 is 1.15 bits per heavy atom. The molecular formula is C38H44N2O8. The summed E-state index contributed by atoms with van der Waals surface area (Å²) in [5.41, 5.74) is 5.50. The first-order chi connectivity index (χ1) is 23.3. The Balaban J connectivity index is 1.55. The van der Waals surface area contributed by atoms with Crippen LogP contribution in [0.1, 0.15) is 116 Å². The molecule has 254 valence electrons. The van der Waals surface area contributed by atoms with E-state index in [-0.39, 0.29) is 49.2 Å². The molecule has 10 heteroatoms. The highest BCUT2D eigenvalue weighted by atomic mass is 16.5. The van der Waals surface area contributed by atoms with Crippen molar-refractivity contribution >= 4 is 23.9 Å². The molecule has 0 aliphatic heterocycles. The van der Waals surface area contributed by atoms with Crippen LogP contribution in [0.25, 0.3) is 0 Å². The number of hydrogen-bond acceptors (Lipinski definition) is 8. The van der Waals surface area contributed by atoms with E-state index in [0.717, 1.165) is 11.1 Å². The van der Waals surface area contributed by atoms with E-state index < -0.39 is 23.9 Å². The summed E-state index contributed by atoms with van der Waals surface area (Å²) in [6.45, 7) is 7.88. The molecule has 0 fully saturated rings. The van der Waals surface area contributed by atoms with Gasteiger partial charge in [0.1, 0.15) is 36.0 Å². The summed E-state index contributed by atoms with van der Waals surface area (Å²) in [5.74, 6) is -2.16. The first kappa shape index (κ1) is 35.7. The minimum absolute atomic E-state index is 0.0908. The summed E-state index contributed by atoms with van der Waals surface area (Å²) < 4.78 is 21.8. The van der Waals surface area contributed by atoms with Crippen molar-refractivity contribution < 1.29 is 38.1 Å². The van der Waals surface area contributed by atoms with E-state index in [0.29, 0.717) is 60.8 Å².